The van der Waals surface area contributed by atoms with Crippen LogP contribution in [0.3, 0.4) is 0 Å². The molecular formula is C33H30Cl2F3N5O2S. The Bertz CT molecular complexity index is 1770. The van der Waals surface area contributed by atoms with E-state index >= 15 is 0 Å². The molecule has 2 fully saturated rings. The van der Waals surface area contributed by atoms with E-state index in [1.54, 1.807) is 22.9 Å². The fraction of sp³-hybridized carbons (Fsp3) is 0.333. The first kappa shape index (κ1) is 32.6. The zero-order valence-electron chi connectivity index (χ0n) is 24.6. The molecule has 1 amide bonds. The van der Waals surface area contributed by atoms with E-state index < -0.39 is 11.7 Å². The minimum absolute atomic E-state index is 0.273. The van der Waals surface area contributed by atoms with Gasteiger partial charge >= 0.3 is 6.18 Å². The van der Waals surface area contributed by atoms with E-state index in [0.29, 0.717) is 69.7 Å². The number of piperidine rings is 1. The van der Waals surface area contributed by atoms with E-state index in [2.05, 4.69) is 22.6 Å². The molecule has 0 aliphatic carbocycles. The molecule has 4 aromatic rings. The van der Waals surface area contributed by atoms with Crippen molar-refractivity contribution in [3.63, 3.8) is 0 Å². The molecule has 0 bridgehead atoms. The number of nitrogens with one attached hydrogen (secondary N) is 2. The van der Waals surface area contributed by atoms with Crippen LogP contribution in [0.4, 0.5) is 13.2 Å². The summed E-state index contributed by atoms with van der Waals surface area (Å²) < 4.78 is 45.9. The zero-order valence-corrected chi connectivity index (χ0v) is 26.9. The maximum absolute atomic E-state index is 13.8. The van der Waals surface area contributed by atoms with Gasteiger partial charge in [0, 0.05) is 48.2 Å². The van der Waals surface area contributed by atoms with Gasteiger partial charge < -0.3 is 10.1 Å². The molecular weight excluding hydrogens is 658 g/mol. The minimum Gasteiger partial charge on any atom is -0.381 e. The van der Waals surface area contributed by atoms with Crippen LogP contribution in [-0.4, -0.2) is 53.5 Å². The second-order valence-corrected chi connectivity index (χ2v) is 13.1. The van der Waals surface area contributed by atoms with Gasteiger partial charge in [-0.05, 0) is 67.4 Å². The lowest BCUT2D eigenvalue weighted by atomic mass is 10.1. The highest BCUT2D eigenvalue weighted by atomic mass is 35.5. The Hall–Kier alpha value is -3.37. The fourth-order valence-corrected chi connectivity index (χ4v) is 6.70. The molecule has 240 valence electrons. The summed E-state index contributed by atoms with van der Waals surface area (Å²) in [4.78, 5) is 15.3. The Labute approximate surface area is 278 Å². The Balaban J connectivity index is 1.39. The summed E-state index contributed by atoms with van der Waals surface area (Å²) in [6, 6.07) is 13.6. The number of alkyl halides is 3. The highest BCUT2D eigenvalue weighted by Gasteiger charge is 2.30. The molecule has 2 aromatic heterocycles. The molecule has 0 atom stereocenters. The predicted octanol–water partition coefficient (Wildman–Crippen LogP) is 7.19. The summed E-state index contributed by atoms with van der Waals surface area (Å²) in [5, 5.41) is 11.1. The molecule has 2 aliphatic rings. The van der Waals surface area contributed by atoms with Crippen molar-refractivity contribution < 1.29 is 22.7 Å². The lowest BCUT2D eigenvalue weighted by Gasteiger charge is -2.27. The number of carbonyl (C=O) groups excluding carboxylic acids is 1. The van der Waals surface area contributed by atoms with Gasteiger partial charge in [-0.25, -0.2) is 9.69 Å². The monoisotopic (exact) mass is 687 g/mol. The van der Waals surface area contributed by atoms with Gasteiger partial charge in [-0.1, -0.05) is 41.5 Å². The second-order valence-electron chi connectivity index (χ2n) is 11.2. The molecule has 2 aliphatic heterocycles. The smallest absolute Gasteiger partial charge is 0.381 e. The van der Waals surface area contributed by atoms with E-state index in [0.717, 1.165) is 49.4 Å². The van der Waals surface area contributed by atoms with E-state index in [1.165, 1.54) is 23.5 Å². The standard InChI is InChI=1S/C33H30Cl2F3N5O2S/c34-24-9-12-28(27(35)16-24)43-31(29-13-11-25(46-29)10-6-21-4-7-23(8-5-21)33(36,37)38)26(18-39-17-22-19-45-20-22)30(40-43)32(44)41-42-14-2-1-3-15-42/h4-5,7-9,11-13,16,22,39H,1-3,14-15,17-20H2,(H,41,44). The Morgan fingerprint density at radius 1 is 1.02 bits per heavy atom. The van der Waals surface area contributed by atoms with Gasteiger partial charge in [0.25, 0.3) is 5.91 Å². The average molecular weight is 689 g/mol. The van der Waals surface area contributed by atoms with Crippen molar-refractivity contribution in [2.24, 2.45) is 5.92 Å². The van der Waals surface area contributed by atoms with Crippen LogP contribution in [0.2, 0.25) is 10.0 Å². The lowest BCUT2D eigenvalue weighted by Crippen LogP contribution is -2.45. The van der Waals surface area contributed by atoms with Crippen LogP contribution < -0.4 is 10.7 Å². The number of hydrazine groups is 1. The first-order chi connectivity index (χ1) is 22.2. The molecule has 0 unspecified atom stereocenters. The number of carbonyl (C=O) groups is 1. The Morgan fingerprint density at radius 3 is 2.46 bits per heavy atom. The SMILES string of the molecule is O=C(NN1CCCCC1)c1nn(-c2ccc(Cl)cc2Cl)c(-c2ccc(C#Cc3ccc(C(F)(F)F)cc3)s2)c1CNCC1COC1. The van der Waals surface area contributed by atoms with E-state index in [9.17, 15) is 18.0 Å². The number of hydrogen-bond acceptors (Lipinski definition) is 6. The predicted molar refractivity (Wildman–Crippen MR) is 173 cm³/mol. The van der Waals surface area contributed by atoms with Crippen molar-refractivity contribution in [1.82, 2.24) is 25.5 Å². The molecule has 13 heteroatoms. The van der Waals surface area contributed by atoms with Crippen molar-refractivity contribution in [1.29, 1.82) is 0 Å². The molecule has 2 aromatic carbocycles. The number of hydrogen-bond donors (Lipinski definition) is 2. The highest BCUT2D eigenvalue weighted by molar-refractivity contribution is 7.16. The number of aromatic nitrogens is 2. The van der Waals surface area contributed by atoms with E-state index in [-0.39, 0.29) is 11.6 Å². The van der Waals surface area contributed by atoms with Crippen molar-refractivity contribution in [3.8, 4) is 28.1 Å². The number of nitrogens with zero attached hydrogens (tertiary/aromatic N) is 3. The molecule has 4 heterocycles. The third-order valence-electron chi connectivity index (χ3n) is 7.78. The topological polar surface area (TPSA) is 71.4 Å². The maximum Gasteiger partial charge on any atom is 0.416 e. The van der Waals surface area contributed by atoms with Crippen LogP contribution in [0.1, 0.15) is 51.3 Å². The minimum atomic E-state index is -4.41. The van der Waals surface area contributed by atoms with E-state index in [4.69, 9.17) is 33.0 Å². The largest absolute Gasteiger partial charge is 0.416 e. The third-order valence-corrected chi connectivity index (χ3v) is 9.32. The lowest BCUT2D eigenvalue weighted by molar-refractivity contribution is -0.137. The second kappa shape index (κ2) is 14.2. The first-order valence-electron chi connectivity index (χ1n) is 14.9. The van der Waals surface area contributed by atoms with Gasteiger partial charge in [-0.15, -0.1) is 11.3 Å². The van der Waals surface area contributed by atoms with Crippen LogP contribution in [0, 0.1) is 17.8 Å². The molecule has 7 nitrogen and oxygen atoms in total. The van der Waals surface area contributed by atoms with Gasteiger partial charge in [0.1, 0.15) is 0 Å². The molecule has 0 radical (unpaired) electrons. The quantitative estimate of drug-likeness (QED) is 0.192. The number of benzene rings is 2. The van der Waals surface area contributed by atoms with Gasteiger partial charge in [-0.3, -0.25) is 10.2 Å². The third kappa shape index (κ3) is 7.60. The number of ether oxygens (including phenoxy) is 1. The highest BCUT2D eigenvalue weighted by Crippen LogP contribution is 2.37. The molecule has 2 saturated heterocycles. The zero-order chi connectivity index (χ0) is 32.3. The van der Waals surface area contributed by atoms with E-state index in [1.807, 2.05) is 17.1 Å². The summed E-state index contributed by atoms with van der Waals surface area (Å²) >= 11 is 14.3. The van der Waals surface area contributed by atoms with Crippen LogP contribution in [-0.2, 0) is 17.5 Å². The molecule has 0 spiro atoms. The average Bonchev–Trinajstić information content (AvgIpc) is 3.62. The molecule has 6 rings (SSSR count). The van der Waals surface area contributed by atoms with Crippen molar-refractivity contribution in [2.75, 3.05) is 32.8 Å². The summed E-state index contributed by atoms with van der Waals surface area (Å²) in [5.41, 5.74) is 4.99. The van der Waals surface area contributed by atoms with Gasteiger partial charge in [0.2, 0.25) is 0 Å². The van der Waals surface area contributed by atoms with Gasteiger partial charge in [-0.2, -0.15) is 18.3 Å². The number of thiophene rings is 1. The van der Waals surface area contributed by atoms with Crippen LogP contribution in [0.5, 0.6) is 0 Å². The van der Waals surface area contributed by atoms with Crippen molar-refractivity contribution in [2.45, 2.75) is 32.0 Å². The normalized spacial score (nSPS) is 15.7. The summed E-state index contributed by atoms with van der Waals surface area (Å²) in [7, 11) is 0. The van der Waals surface area contributed by atoms with Crippen LogP contribution in [0.15, 0.2) is 54.6 Å². The Morgan fingerprint density at radius 2 is 1.78 bits per heavy atom. The van der Waals surface area contributed by atoms with Gasteiger partial charge in [0.05, 0.1) is 44.9 Å². The summed E-state index contributed by atoms with van der Waals surface area (Å²) in [5.74, 6) is 6.09. The summed E-state index contributed by atoms with van der Waals surface area (Å²) in [6.07, 6.45) is -1.28. The Kier molecular flexibility index (Phi) is 10.0. The van der Waals surface area contributed by atoms with Crippen molar-refractivity contribution in [3.05, 3.63) is 91.9 Å². The number of rotatable bonds is 8. The molecule has 46 heavy (non-hydrogen) atoms. The van der Waals surface area contributed by atoms with Crippen LogP contribution in [0.25, 0.3) is 16.3 Å². The van der Waals surface area contributed by atoms with Crippen LogP contribution >= 0.6 is 34.5 Å². The molecule has 0 saturated carbocycles. The first-order valence-corrected chi connectivity index (χ1v) is 16.4. The fourth-order valence-electron chi connectivity index (χ4n) is 5.30. The van der Waals surface area contributed by atoms with Gasteiger partial charge in [0.15, 0.2) is 5.69 Å². The maximum atomic E-state index is 13.8. The number of halogens is 5. The van der Waals surface area contributed by atoms with Crippen molar-refractivity contribution >= 4 is 40.4 Å². The summed E-state index contributed by atoms with van der Waals surface area (Å²) in [6.45, 7) is 3.99. The molecule has 2 N–H and O–H groups in total. The number of amides is 1.